The van der Waals surface area contributed by atoms with Gasteiger partial charge in [0.05, 0.1) is 5.69 Å². The van der Waals surface area contributed by atoms with Crippen molar-refractivity contribution in [3.8, 4) is 5.75 Å². The Labute approximate surface area is 120 Å². The number of carbonyl (C=O) groups excluding carboxylic acids is 2. The summed E-state index contributed by atoms with van der Waals surface area (Å²) in [7, 11) is 0. The zero-order valence-electron chi connectivity index (χ0n) is 10.6. The van der Waals surface area contributed by atoms with Crippen molar-refractivity contribution >= 4 is 35.2 Å². The Morgan fingerprint density at radius 2 is 1.95 bits per heavy atom. The molecule has 1 aliphatic heterocycles. The third kappa shape index (κ3) is 2.25. The van der Waals surface area contributed by atoms with Gasteiger partial charge >= 0.3 is 6.03 Å². The van der Waals surface area contributed by atoms with E-state index in [0.29, 0.717) is 25.3 Å². The fourth-order valence-corrected chi connectivity index (χ4v) is 2.85. The number of ether oxygens (including phenoxy) is 1. The maximum absolute atomic E-state index is 12.4. The van der Waals surface area contributed by atoms with E-state index in [9.17, 15) is 9.59 Å². The van der Waals surface area contributed by atoms with Crippen molar-refractivity contribution < 1.29 is 14.3 Å². The number of anilines is 2. The molecule has 0 atom stereocenters. The molecule has 0 saturated carbocycles. The summed E-state index contributed by atoms with van der Waals surface area (Å²) in [5.74, 6) is 0.430. The molecule has 0 N–H and O–H groups in total. The maximum atomic E-state index is 12.4. The number of rotatable bonds is 4. The Bertz CT molecular complexity index is 627. The van der Waals surface area contributed by atoms with E-state index in [0.717, 1.165) is 11.4 Å². The molecule has 1 saturated heterocycles. The summed E-state index contributed by atoms with van der Waals surface area (Å²) < 4.78 is 4.81. The Morgan fingerprint density at radius 1 is 1.15 bits per heavy atom. The summed E-state index contributed by atoms with van der Waals surface area (Å²) in [6, 6.07) is 8.81. The lowest BCUT2D eigenvalue weighted by atomic mass is 10.3. The number of amides is 2. The van der Waals surface area contributed by atoms with Gasteiger partial charge in [0, 0.05) is 30.2 Å². The SMILES string of the molecule is O=COc1cccc(N2CCN(c3ccsc3)C2=O)c1. The summed E-state index contributed by atoms with van der Waals surface area (Å²) in [6.07, 6.45) is 0. The van der Waals surface area contributed by atoms with Gasteiger partial charge in [-0.2, -0.15) is 11.3 Å². The van der Waals surface area contributed by atoms with E-state index in [1.807, 2.05) is 22.9 Å². The average molecular weight is 288 g/mol. The van der Waals surface area contributed by atoms with E-state index in [2.05, 4.69) is 0 Å². The molecule has 3 rings (SSSR count). The molecular weight excluding hydrogens is 276 g/mol. The number of carbonyl (C=O) groups is 2. The first-order valence-corrected chi connectivity index (χ1v) is 7.05. The molecule has 0 radical (unpaired) electrons. The van der Waals surface area contributed by atoms with Gasteiger partial charge < -0.3 is 4.74 Å². The summed E-state index contributed by atoms with van der Waals surface area (Å²) in [5.41, 5.74) is 1.65. The van der Waals surface area contributed by atoms with Crippen molar-refractivity contribution in [1.29, 1.82) is 0 Å². The first-order chi connectivity index (χ1) is 9.79. The maximum Gasteiger partial charge on any atom is 0.329 e. The highest BCUT2D eigenvalue weighted by Gasteiger charge is 2.30. The third-order valence-corrected chi connectivity index (χ3v) is 3.81. The van der Waals surface area contributed by atoms with Crippen molar-refractivity contribution in [2.75, 3.05) is 22.9 Å². The van der Waals surface area contributed by atoms with E-state index >= 15 is 0 Å². The second-order valence-electron chi connectivity index (χ2n) is 4.28. The van der Waals surface area contributed by atoms with Crippen LogP contribution in [0.4, 0.5) is 16.2 Å². The lowest BCUT2D eigenvalue weighted by molar-refractivity contribution is -0.120. The molecule has 1 aromatic heterocycles. The van der Waals surface area contributed by atoms with Crippen LogP contribution in [0, 0.1) is 0 Å². The Balaban J connectivity index is 1.83. The first-order valence-electron chi connectivity index (χ1n) is 6.11. The molecule has 1 aliphatic rings. The van der Waals surface area contributed by atoms with Crippen LogP contribution in [0.2, 0.25) is 0 Å². The molecule has 20 heavy (non-hydrogen) atoms. The molecule has 0 spiro atoms. The molecule has 6 heteroatoms. The molecule has 0 bridgehead atoms. The highest BCUT2D eigenvalue weighted by atomic mass is 32.1. The number of thiophene rings is 1. The molecule has 2 heterocycles. The van der Waals surface area contributed by atoms with Gasteiger partial charge in [-0.1, -0.05) is 6.07 Å². The van der Waals surface area contributed by atoms with Crippen LogP contribution in [0.25, 0.3) is 0 Å². The predicted octanol–water partition coefficient (Wildman–Crippen LogP) is 2.73. The average Bonchev–Trinajstić information content (AvgIpc) is 3.08. The van der Waals surface area contributed by atoms with Crippen molar-refractivity contribution in [1.82, 2.24) is 0 Å². The van der Waals surface area contributed by atoms with Crippen LogP contribution < -0.4 is 14.5 Å². The van der Waals surface area contributed by atoms with Crippen molar-refractivity contribution in [3.05, 3.63) is 41.1 Å². The van der Waals surface area contributed by atoms with Crippen LogP contribution in [0.1, 0.15) is 0 Å². The van der Waals surface area contributed by atoms with Gasteiger partial charge in [0.2, 0.25) is 0 Å². The zero-order valence-corrected chi connectivity index (χ0v) is 11.4. The van der Waals surface area contributed by atoms with Gasteiger partial charge in [0.1, 0.15) is 5.75 Å². The predicted molar refractivity (Wildman–Crippen MR) is 77.5 cm³/mol. The van der Waals surface area contributed by atoms with Crippen LogP contribution in [-0.4, -0.2) is 25.6 Å². The summed E-state index contributed by atoms with van der Waals surface area (Å²) >= 11 is 1.56. The van der Waals surface area contributed by atoms with Gasteiger partial charge in [0.25, 0.3) is 6.47 Å². The molecular formula is C14H12N2O3S. The lowest BCUT2D eigenvalue weighted by Gasteiger charge is -2.18. The molecule has 102 valence electrons. The lowest BCUT2D eigenvalue weighted by Crippen LogP contribution is -2.31. The highest BCUT2D eigenvalue weighted by molar-refractivity contribution is 7.08. The van der Waals surface area contributed by atoms with Crippen molar-refractivity contribution in [2.45, 2.75) is 0 Å². The van der Waals surface area contributed by atoms with Crippen LogP contribution in [-0.2, 0) is 4.79 Å². The van der Waals surface area contributed by atoms with E-state index < -0.39 is 0 Å². The van der Waals surface area contributed by atoms with Crippen LogP contribution in [0.15, 0.2) is 41.1 Å². The third-order valence-electron chi connectivity index (χ3n) is 3.14. The number of hydrogen-bond donors (Lipinski definition) is 0. The fraction of sp³-hybridized carbons (Fsp3) is 0.143. The van der Waals surface area contributed by atoms with Crippen LogP contribution >= 0.6 is 11.3 Å². The number of hydrogen-bond acceptors (Lipinski definition) is 4. The molecule has 0 unspecified atom stereocenters. The van der Waals surface area contributed by atoms with Gasteiger partial charge in [-0.15, -0.1) is 0 Å². The first kappa shape index (κ1) is 12.7. The van der Waals surface area contributed by atoms with E-state index in [-0.39, 0.29) is 6.03 Å². The Kier molecular flexibility index (Phi) is 3.39. The van der Waals surface area contributed by atoms with Gasteiger partial charge in [0.15, 0.2) is 0 Å². The monoisotopic (exact) mass is 288 g/mol. The number of nitrogens with zero attached hydrogens (tertiary/aromatic N) is 2. The topological polar surface area (TPSA) is 49.9 Å². The molecule has 1 aromatic carbocycles. The summed E-state index contributed by atoms with van der Waals surface area (Å²) in [4.78, 5) is 26.2. The molecule has 2 aromatic rings. The second kappa shape index (κ2) is 5.34. The van der Waals surface area contributed by atoms with Crippen molar-refractivity contribution in [3.63, 3.8) is 0 Å². The standard InChI is InChI=1S/C14H12N2O3S/c17-10-19-13-3-1-2-11(8-13)15-5-6-16(14(15)18)12-4-7-20-9-12/h1-4,7-10H,5-6H2. The highest BCUT2D eigenvalue weighted by Crippen LogP contribution is 2.28. The van der Waals surface area contributed by atoms with Gasteiger partial charge in [-0.3, -0.25) is 14.6 Å². The van der Waals surface area contributed by atoms with E-state index in [1.54, 1.807) is 39.3 Å². The Hall–Kier alpha value is -2.34. The van der Waals surface area contributed by atoms with Gasteiger partial charge in [-0.05, 0) is 23.6 Å². The molecule has 0 aliphatic carbocycles. The molecule has 2 amide bonds. The minimum Gasteiger partial charge on any atom is -0.429 e. The minimum absolute atomic E-state index is 0.0633. The summed E-state index contributed by atoms with van der Waals surface area (Å²) in [6.45, 7) is 1.64. The molecule has 1 fully saturated rings. The van der Waals surface area contributed by atoms with Crippen molar-refractivity contribution in [2.24, 2.45) is 0 Å². The zero-order chi connectivity index (χ0) is 13.9. The fourth-order valence-electron chi connectivity index (χ4n) is 2.21. The second-order valence-corrected chi connectivity index (χ2v) is 5.06. The largest absolute Gasteiger partial charge is 0.429 e. The quantitative estimate of drug-likeness (QED) is 0.813. The molecule has 5 nitrogen and oxygen atoms in total. The normalized spacial score (nSPS) is 14.7. The summed E-state index contributed by atoms with van der Waals surface area (Å²) in [5, 5.41) is 3.90. The van der Waals surface area contributed by atoms with Gasteiger partial charge in [-0.25, -0.2) is 4.79 Å². The Morgan fingerprint density at radius 3 is 2.65 bits per heavy atom. The number of urea groups is 1. The van der Waals surface area contributed by atoms with Crippen LogP contribution in [0.5, 0.6) is 5.75 Å². The van der Waals surface area contributed by atoms with E-state index in [1.165, 1.54) is 0 Å². The minimum atomic E-state index is -0.0633. The van der Waals surface area contributed by atoms with E-state index in [4.69, 9.17) is 4.74 Å². The van der Waals surface area contributed by atoms with Crippen LogP contribution in [0.3, 0.4) is 0 Å². The smallest absolute Gasteiger partial charge is 0.329 e. The number of benzene rings is 1.